The van der Waals surface area contributed by atoms with Crippen molar-refractivity contribution in [3.05, 3.63) is 35.3 Å². The molecule has 7 heteroatoms. The van der Waals surface area contributed by atoms with Gasteiger partial charge in [-0.05, 0) is 31.5 Å². The molecule has 0 saturated carbocycles. The minimum absolute atomic E-state index is 0.607. The summed E-state index contributed by atoms with van der Waals surface area (Å²) < 4.78 is 12.4. The molecule has 3 rings (SSSR count). The Labute approximate surface area is 140 Å². The number of fused-ring (bicyclic) bond motifs is 1. The van der Waals surface area contributed by atoms with Gasteiger partial charge in [0.2, 0.25) is 0 Å². The van der Waals surface area contributed by atoms with Gasteiger partial charge in [-0.25, -0.2) is 9.97 Å². The van der Waals surface area contributed by atoms with Crippen LogP contribution in [0.4, 0.5) is 5.82 Å². The molecule has 0 unspecified atom stereocenters. The van der Waals surface area contributed by atoms with Gasteiger partial charge in [0.1, 0.15) is 16.9 Å². The lowest BCUT2D eigenvalue weighted by atomic mass is 10.2. The third kappa shape index (κ3) is 2.84. The fraction of sp³-hybridized carbons (Fsp3) is 0.353. The van der Waals surface area contributed by atoms with E-state index in [0.29, 0.717) is 23.9 Å². The van der Waals surface area contributed by atoms with Crippen molar-refractivity contribution < 1.29 is 9.47 Å². The van der Waals surface area contributed by atoms with Crippen LogP contribution in [0.2, 0.25) is 0 Å². The van der Waals surface area contributed by atoms with Crippen molar-refractivity contribution in [3.8, 4) is 11.5 Å². The van der Waals surface area contributed by atoms with Crippen LogP contribution in [0.1, 0.15) is 17.1 Å². The molecule has 1 aromatic carbocycles. The zero-order valence-corrected chi connectivity index (χ0v) is 14.5. The van der Waals surface area contributed by atoms with Gasteiger partial charge in [0.05, 0.1) is 19.9 Å². The second-order valence-corrected chi connectivity index (χ2v) is 5.57. The van der Waals surface area contributed by atoms with Crippen LogP contribution in [0.25, 0.3) is 11.0 Å². The van der Waals surface area contributed by atoms with E-state index in [9.17, 15) is 0 Å². The Bertz CT molecular complexity index is 888. The zero-order valence-electron chi connectivity index (χ0n) is 14.5. The largest absolute Gasteiger partial charge is 0.493 e. The molecule has 7 nitrogen and oxygen atoms in total. The van der Waals surface area contributed by atoms with E-state index in [2.05, 4.69) is 20.4 Å². The van der Waals surface area contributed by atoms with Crippen molar-refractivity contribution in [2.24, 2.45) is 7.05 Å². The van der Waals surface area contributed by atoms with Crippen LogP contribution in [0, 0.1) is 13.8 Å². The predicted octanol–water partition coefficient (Wildman–Crippen LogP) is 2.61. The highest BCUT2D eigenvalue weighted by Crippen LogP contribution is 2.28. The molecule has 0 saturated heterocycles. The van der Waals surface area contributed by atoms with Crippen molar-refractivity contribution in [2.45, 2.75) is 20.4 Å². The Morgan fingerprint density at radius 1 is 1.08 bits per heavy atom. The van der Waals surface area contributed by atoms with E-state index in [1.807, 2.05) is 39.1 Å². The Morgan fingerprint density at radius 2 is 1.83 bits per heavy atom. The SMILES string of the molecule is COc1ccc(CNc2nc(C)nc3c(C)nn(C)c23)cc1OC. The van der Waals surface area contributed by atoms with Crippen molar-refractivity contribution in [2.75, 3.05) is 19.5 Å². The molecule has 2 heterocycles. The average molecular weight is 327 g/mol. The van der Waals surface area contributed by atoms with Crippen molar-refractivity contribution in [3.63, 3.8) is 0 Å². The standard InChI is InChI=1S/C17H21N5O2/c1-10-15-16(22(3)21-10)17(20-11(2)19-15)18-9-12-6-7-13(23-4)14(8-12)24-5/h6-8H,9H2,1-5H3,(H,18,19,20). The monoisotopic (exact) mass is 327 g/mol. The van der Waals surface area contributed by atoms with Gasteiger partial charge in [0, 0.05) is 13.6 Å². The van der Waals surface area contributed by atoms with Crippen LogP contribution in [-0.2, 0) is 13.6 Å². The van der Waals surface area contributed by atoms with Crippen LogP contribution in [0.15, 0.2) is 18.2 Å². The van der Waals surface area contributed by atoms with Crippen LogP contribution >= 0.6 is 0 Å². The molecule has 0 aliphatic carbocycles. The molecule has 2 aromatic heterocycles. The van der Waals surface area contributed by atoms with Crippen molar-refractivity contribution >= 4 is 16.9 Å². The number of aromatic nitrogens is 4. The minimum atomic E-state index is 0.607. The number of hydrogen-bond donors (Lipinski definition) is 1. The van der Waals surface area contributed by atoms with Crippen LogP contribution in [-0.4, -0.2) is 34.0 Å². The summed E-state index contributed by atoms with van der Waals surface area (Å²) in [5.74, 6) is 2.91. The molecule has 1 N–H and O–H groups in total. The lowest BCUT2D eigenvalue weighted by Crippen LogP contribution is -2.06. The lowest BCUT2D eigenvalue weighted by molar-refractivity contribution is 0.354. The van der Waals surface area contributed by atoms with Gasteiger partial charge >= 0.3 is 0 Å². The zero-order chi connectivity index (χ0) is 17.3. The Kier molecular flexibility index (Phi) is 4.24. The molecule has 0 aliphatic heterocycles. The first-order valence-electron chi connectivity index (χ1n) is 7.66. The van der Waals surface area contributed by atoms with Gasteiger partial charge in [0.15, 0.2) is 17.3 Å². The maximum atomic E-state index is 5.35. The first-order chi connectivity index (χ1) is 11.5. The number of aryl methyl sites for hydroxylation is 3. The number of nitrogens with zero attached hydrogens (tertiary/aromatic N) is 4. The molecular formula is C17H21N5O2. The van der Waals surface area contributed by atoms with Crippen LogP contribution in [0.3, 0.4) is 0 Å². The molecule has 24 heavy (non-hydrogen) atoms. The third-order valence-electron chi connectivity index (χ3n) is 3.87. The summed E-state index contributed by atoms with van der Waals surface area (Å²) in [7, 11) is 5.15. The van der Waals surface area contributed by atoms with Gasteiger partial charge in [0.25, 0.3) is 0 Å². The summed E-state index contributed by atoms with van der Waals surface area (Å²) in [5, 5.41) is 7.81. The fourth-order valence-corrected chi connectivity index (χ4v) is 2.75. The Hall–Kier alpha value is -2.83. The van der Waals surface area contributed by atoms with Gasteiger partial charge < -0.3 is 14.8 Å². The molecule has 126 valence electrons. The van der Waals surface area contributed by atoms with Gasteiger partial charge in [-0.2, -0.15) is 5.10 Å². The number of rotatable bonds is 5. The fourth-order valence-electron chi connectivity index (χ4n) is 2.75. The Morgan fingerprint density at radius 3 is 2.54 bits per heavy atom. The van der Waals surface area contributed by atoms with E-state index in [4.69, 9.17) is 9.47 Å². The molecule has 0 fully saturated rings. The number of anilines is 1. The topological polar surface area (TPSA) is 74.1 Å². The summed E-state index contributed by atoms with van der Waals surface area (Å²) in [6.07, 6.45) is 0. The van der Waals surface area contributed by atoms with Gasteiger partial charge in [-0.3, -0.25) is 4.68 Å². The summed E-state index contributed by atoms with van der Waals surface area (Å²) >= 11 is 0. The number of nitrogens with one attached hydrogen (secondary N) is 1. The van der Waals surface area contributed by atoms with Crippen LogP contribution in [0.5, 0.6) is 11.5 Å². The minimum Gasteiger partial charge on any atom is -0.493 e. The van der Waals surface area contributed by atoms with E-state index in [0.717, 1.165) is 28.1 Å². The summed E-state index contributed by atoms with van der Waals surface area (Å²) in [4.78, 5) is 9.02. The molecule has 0 atom stereocenters. The van der Waals surface area contributed by atoms with E-state index in [1.165, 1.54) is 0 Å². The average Bonchev–Trinajstić information content (AvgIpc) is 2.86. The highest BCUT2D eigenvalue weighted by atomic mass is 16.5. The molecular weight excluding hydrogens is 306 g/mol. The van der Waals surface area contributed by atoms with E-state index in [-0.39, 0.29) is 0 Å². The number of benzene rings is 1. The van der Waals surface area contributed by atoms with E-state index in [1.54, 1.807) is 18.9 Å². The second-order valence-electron chi connectivity index (χ2n) is 5.57. The van der Waals surface area contributed by atoms with Crippen LogP contribution < -0.4 is 14.8 Å². The quantitative estimate of drug-likeness (QED) is 0.776. The molecule has 3 aromatic rings. The third-order valence-corrected chi connectivity index (χ3v) is 3.87. The lowest BCUT2D eigenvalue weighted by Gasteiger charge is -2.11. The number of methoxy groups -OCH3 is 2. The highest BCUT2D eigenvalue weighted by molar-refractivity contribution is 5.87. The van der Waals surface area contributed by atoms with Crippen molar-refractivity contribution in [1.82, 2.24) is 19.7 Å². The maximum Gasteiger partial charge on any atom is 0.161 e. The number of ether oxygens (including phenoxy) is 2. The normalized spacial score (nSPS) is 10.9. The maximum absolute atomic E-state index is 5.35. The Balaban J connectivity index is 1.91. The van der Waals surface area contributed by atoms with Gasteiger partial charge in [-0.15, -0.1) is 0 Å². The highest BCUT2D eigenvalue weighted by Gasteiger charge is 2.14. The van der Waals surface area contributed by atoms with E-state index >= 15 is 0 Å². The first-order valence-corrected chi connectivity index (χ1v) is 7.66. The predicted molar refractivity (Wildman–Crippen MR) is 92.7 cm³/mol. The molecule has 0 radical (unpaired) electrons. The first kappa shape index (κ1) is 16.0. The van der Waals surface area contributed by atoms with E-state index < -0.39 is 0 Å². The summed E-state index contributed by atoms with van der Waals surface area (Å²) in [6.45, 7) is 4.44. The van der Waals surface area contributed by atoms with Crippen molar-refractivity contribution in [1.29, 1.82) is 0 Å². The second kappa shape index (κ2) is 6.35. The molecule has 0 spiro atoms. The summed E-state index contributed by atoms with van der Waals surface area (Å²) in [5.41, 5.74) is 3.74. The number of hydrogen-bond acceptors (Lipinski definition) is 6. The molecule has 0 bridgehead atoms. The summed E-state index contributed by atoms with van der Waals surface area (Å²) in [6, 6.07) is 5.84. The smallest absolute Gasteiger partial charge is 0.161 e. The molecule has 0 amide bonds. The molecule has 0 aliphatic rings. The van der Waals surface area contributed by atoms with Gasteiger partial charge in [-0.1, -0.05) is 6.07 Å².